The van der Waals surface area contributed by atoms with E-state index < -0.39 is 17.0 Å². The maximum Gasteiger partial charge on any atom is 0.303 e. The highest BCUT2D eigenvalue weighted by molar-refractivity contribution is 5.92. The van der Waals surface area contributed by atoms with Crippen molar-refractivity contribution < 1.29 is 24.2 Å². The first-order valence-corrected chi connectivity index (χ1v) is 10.5. The van der Waals surface area contributed by atoms with Gasteiger partial charge in [0.15, 0.2) is 12.4 Å². The molecule has 0 spiro atoms. The molecular formula is C23H30O5. The Balaban J connectivity index is 1.66. The number of ether oxygens (including phenoxy) is 1. The van der Waals surface area contributed by atoms with Crippen molar-refractivity contribution in [3.63, 3.8) is 0 Å². The Bertz CT molecular complexity index is 808. The van der Waals surface area contributed by atoms with Gasteiger partial charge < -0.3 is 9.84 Å². The van der Waals surface area contributed by atoms with Crippen LogP contribution in [0.25, 0.3) is 0 Å². The molecule has 0 amide bonds. The van der Waals surface area contributed by atoms with E-state index >= 15 is 0 Å². The molecule has 4 rings (SSSR count). The van der Waals surface area contributed by atoms with Gasteiger partial charge in [-0.2, -0.15) is 0 Å². The summed E-state index contributed by atoms with van der Waals surface area (Å²) in [5, 5.41) is 11.4. The number of hydrogen-bond acceptors (Lipinski definition) is 5. The molecule has 2 fully saturated rings. The molecule has 0 aliphatic heterocycles. The molecule has 0 bridgehead atoms. The molecule has 0 heterocycles. The zero-order valence-corrected chi connectivity index (χ0v) is 17.0. The Morgan fingerprint density at radius 1 is 1.21 bits per heavy atom. The normalized spacial score (nSPS) is 41.9. The van der Waals surface area contributed by atoms with Crippen LogP contribution < -0.4 is 0 Å². The Labute approximate surface area is 166 Å². The lowest BCUT2D eigenvalue weighted by atomic mass is 9.50. The molecular weight excluding hydrogens is 356 g/mol. The molecule has 0 saturated heterocycles. The Morgan fingerprint density at radius 3 is 2.68 bits per heavy atom. The predicted molar refractivity (Wildman–Crippen MR) is 103 cm³/mol. The summed E-state index contributed by atoms with van der Waals surface area (Å²) in [7, 11) is 0. The van der Waals surface area contributed by atoms with Crippen LogP contribution in [0, 0.1) is 22.7 Å². The zero-order chi connectivity index (χ0) is 20.3. The van der Waals surface area contributed by atoms with E-state index in [1.54, 1.807) is 0 Å². The van der Waals surface area contributed by atoms with Crippen LogP contribution in [0.4, 0.5) is 0 Å². The van der Waals surface area contributed by atoms with E-state index in [4.69, 9.17) is 4.74 Å². The average Bonchev–Trinajstić information content (AvgIpc) is 2.92. The van der Waals surface area contributed by atoms with E-state index in [-0.39, 0.29) is 29.5 Å². The third-order valence-electron chi connectivity index (χ3n) is 8.36. The standard InChI is InChI=1S/C23H30O5/c1-14(24)28-13-20(26)23(27)11-8-19-17-5-4-15-12-16(25)6-9-21(15,2)18(17)7-10-22(19,23)3/h7,12,17,19,27H,4-6,8-11,13H2,1-3H3/t17?,19?,21?,22?,23-/m0/s1. The van der Waals surface area contributed by atoms with E-state index in [2.05, 4.69) is 13.0 Å². The minimum atomic E-state index is -1.45. The van der Waals surface area contributed by atoms with Crippen LogP contribution in [-0.4, -0.2) is 34.9 Å². The van der Waals surface area contributed by atoms with E-state index in [1.807, 2.05) is 13.0 Å². The topological polar surface area (TPSA) is 80.7 Å². The first-order valence-electron chi connectivity index (χ1n) is 10.5. The monoisotopic (exact) mass is 386 g/mol. The highest BCUT2D eigenvalue weighted by Crippen LogP contribution is 2.65. The second-order valence-corrected chi connectivity index (χ2v) is 9.60. The van der Waals surface area contributed by atoms with Gasteiger partial charge in [0.1, 0.15) is 5.60 Å². The van der Waals surface area contributed by atoms with Gasteiger partial charge in [-0.25, -0.2) is 0 Å². The summed E-state index contributed by atoms with van der Waals surface area (Å²) in [4.78, 5) is 35.9. The number of Topliss-reactive ketones (excluding diaryl/α,β-unsaturated/α-hetero) is 1. The molecule has 2 saturated carbocycles. The number of rotatable bonds is 3. The molecule has 0 aromatic heterocycles. The van der Waals surface area contributed by atoms with Gasteiger partial charge >= 0.3 is 5.97 Å². The molecule has 0 radical (unpaired) electrons. The van der Waals surface area contributed by atoms with Crippen molar-refractivity contribution >= 4 is 17.5 Å². The predicted octanol–water partition coefficient (Wildman–Crippen LogP) is 3.30. The van der Waals surface area contributed by atoms with Crippen LogP contribution in [-0.2, 0) is 19.1 Å². The number of ketones is 2. The maximum absolute atomic E-state index is 12.8. The quantitative estimate of drug-likeness (QED) is 0.595. The summed E-state index contributed by atoms with van der Waals surface area (Å²) < 4.78 is 4.91. The van der Waals surface area contributed by atoms with E-state index in [9.17, 15) is 19.5 Å². The number of allylic oxidation sites excluding steroid dienone is 4. The largest absolute Gasteiger partial charge is 0.458 e. The first-order chi connectivity index (χ1) is 13.1. The van der Waals surface area contributed by atoms with Gasteiger partial charge in [0.05, 0.1) is 0 Å². The van der Waals surface area contributed by atoms with Gasteiger partial charge in [0, 0.05) is 24.2 Å². The molecule has 0 aromatic rings. The van der Waals surface area contributed by atoms with Gasteiger partial charge in [-0.1, -0.05) is 31.1 Å². The third kappa shape index (κ3) is 2.58. The fourth-order valence-electron chi connectivity index (χ4n) is 6.61. The number of carbonyl (C=O) groups is 3. The molecule has 5 nitrogen and oxygen atoms in total. The van der Waals surface area contributed by atoms with Gasteiger partial charge in [-0.05, 0) is 56.4 Å². The van der Waals surface area contributed by atoms with Gasteiger partial charge in [-0.3, -0.25) is 14.4 Å². The lowest BCUT2D eigenvalue weighted by Gasteiger charge is -2.54. The molecule has 4 aliphatic carbocycles. The van der Waals surface area contributed by atoms with Crippen molar-refractivity contribution in [3.05, 3.63) is 23.3 Å². The van der Waals surface area contributed by atoms with Crippen LogP contribution in [0.3, 0.4) is 0 Å². The van der Waals surface area contributed by atoms with Gasteiger partial charge in [-0.15, -0.1) is 0 Å². The molecule has 152 valence electrons. The fraction of sp³-hybridized carbons (Fsp3) is 0.696. The second kappa shape index (κ2) is 6.38. The average molecular weight is 386 g/mol. The van der Waals surface area contributed by atoms with Crippen LogP contribution in [0.1, 0.15) is 65.7 Å². The summed E-state index contributed by atoms with van der Waals surface area (Å²) in [6.45, 7) is 5.21. The van der Waals surface area contributed by atoms with E-state index in [1.165, 1.54) is 18.1 Å². The SMILES string of the molecule is CC(=O)OCC(=O)[C@@]1(O)CCC2C3CCC4=CC(=O)CCC4(C)C3=CCC21C. The van der Waals surface area contributed by atoms with Gasteiger partial charge in [0.25, 0.3) is 0 Å². The summed E-state index contributed by atoms with van der Waals surface area (Å²) in [6, 6.07) is 0. The van der Waals surface area contributed by atoms with Gasteiger partial charge in [0.2, 0.25) is 5.78 Å². The van der Waals surface area contributed by atoms with Crippen LogP contribution in [0.5, 0.6) is 0 Å². The summed E-state index contributed by atoms with van der Waals surface area (Å²) in [6.07, 6.45) is 9.31. The number of hydrogen-bond donors (Lipinski definition) is 1. The molecule has 1 N–H and O–H groups in total. The maximum atomic E-state index is 12.8. The van der Waals surface area contributed by atoms with E-state index in [0.29, 0.717) is 25.2 Å². The number of aliphatic hydroxyl groups is 1. The molecule has 5 heteroatoms. The third-order valence-corrected chi connectivity index (χ3v) is 8.36. The summed E-state index contributed by atoms with van der Waals surface area (Å²) in [5.41, 5.74) is 0.626. The van der Waals surface area contributed by atoms with Crippen LogP contribution in [0.2, 0.25) is 0 Å². The minimum absolute atomic E-state index is 0.0549. The minimum Gasteiger partial charge on any atom is -0.458 e. The second-order valence-electron chi connectivity index (χ2n) is 9.60. The molecule has 4 unspecified atom stereocenters. The number of fused-ring (bicyclic) bond motifs is 5. The number of carbonyl (C=O) groups excluding carboxylic acids is 3. The summed E-state index contributed by atoms with van der Waals surface area (Å²) >= 11 is 0. The highest BCUT2D eigenvalue weighted by atomic mass is 16.5. The lowest BCUT2D eigenvalue weighted by molar-refractivity contribution is -0.162. The van der Waals surface area contributed by atoms with E-state index in [0.717, 1.165) is 25.7 Å². The lowest BCUT2D eigenvalue weighted by Crippen LogP contribution is -2.55. The number of esters is 1. The van der Waals surface area contributed by atoms with Crippen LogP contribution >= 0.6 is 0 Å². The molecule has 28 heavy (non-hydrogen) atoms. The molecule has 4 aliphatic rings. The van der Waals surface area contributed by atoms with Crippen molar-refractivity contribution in [2.75, 3.05) is 6.61 Å². The Kier molecular flexibility index (Phi) is 4.46. The summed E-state index contributed by atoms with van der Waals surface area (Å²) in [5.74, 6) is -0.0813. The Hall–Kier alpha value is -1.75. The fourth-order valence-corrected chi connectivity index (χ4v) is 6.61. The zero-order valence-electron chi connectivity index (χ0n) is 17.0. The first kappa shape index (κ1) is 19.6. The van der Waals surface area contributed by atoms with Crippen molar-refractivity contribution in [2.24, 2.45) is 22.7 Å². The highest BCUT2D eigenvalue weighted by Gasteiger charge is 2.64. The Morgan fingerprint density at radius 2 is 1.96 bits per heavy atom. The molecule has 5 atom stereocenters. The molecule has 0 aromatic carbocycles. The van der Waals surface area contributed by atoms with Crippen molar-refractivity contribution in [2.45, 2.75) is 71.3 Å². The van der Waals surface area contributed by atoms with Crippen molar-refractivity contribution in [3.8, 4) is 0 Å². The van der Waals surface area contributed by atoms with Crippen molar-refractivity contribution in [1.29, 1.82) is 0 Å². The smallest absolute Gasteiger partial charge is 0.303 e. The van der Waals surface area contributed by atoms with Crippen LogP contribution in [0.15, 0.2) is 23.3 Å². The van der Waals surface area contributed by atoms with Crippen molar-refractivity contribution in [1.82, 2.24) is 0 Å².